The predicted octanol–water partition coefficient (Wildman–Crippen LogP) is 3.60. The molecular weight excluding hydrogens is 437 g/mol. The largest absolute Gasteiger partial charge is 0.444 e. The zero-order valence-corrected chi connectivity index (χ0v) is 21.4. The highest BCUT2D eigenvalue weighted by Gasteiger charge is 2.58. The Balaban J connectivity index is 2.30. The number of hydrogen-bond acceptors (Lipinski definition) is 7. The number of ether oxygens (including phenoxy) is 2. The summed E-state index contributed by atoms with van der Waals surface area (Å²) >= 11 is 0. The first kappa shape index (κ1) is 26.4. The van der Waals surface area contributed by atoms with E-state index in [2.05, 4.69) is 10.3 Å². The Morgan fingerprint density at radius 1 is 1.34 bits per heavy atom. The maximum atomic E-state index is 16.0. The molecule has 0 bridgehead atoms. The van der Waals surface area contributed by atoms with Gasteiger partial charge in [0.2, 0.25) is 0 Å². The lowest BCUT2D eigenvalue weighted by Gasteiger charge is -2.41. The quantitative estimate of drug-likeness (QED) is 0.629. The molecule has 2 N–H and O–H groups in total. The number of nitrogens with one attached hydrogen (secondary N) is 1. The summed E-state index contributed by atoms with van der Waals surface area (Å²) in [4.78, 5) is 28.4. The minimum Gasteiger partial charge on any atom is -0.444 e. The zero-order chi connectivity index (χ0) is 24.7. The van der Waals surface area contributed by atoms with Gasteiger partial charge in [0.25, 0.3) is 0 Å². The Morgan fingerprint density at radius 3 is 2.41 bits per heavy atom. The lowest BCUT2D eigenvalue weighted by Crippen LogP contribution is -2.52. The lowest BCUT2D eigenvalue weighted by atomic mass is 9.98. The highest BCUT2D eigenvalue weighted by molar-refractivity contribution is 6.74. The molecule has 0 unspecified atom stereocenters. The number of amides is 1. The van der Waals surface area contributed by atoms with Crippen molar-refractivity contribution in [2.75, 3.05) is 11.9 Å². The van der Waals surface area contributed by atoms with Gasteiger partial charge >= 0.3 is 11.8 Å². The fourth-order valence-electron chi connectivity index (χ4n) is 3.10. The summed E-state index contributed by atoms with van der Waals surface area (Å²) in [6.45, 7) is 16.0. The molecule has 182 valence electrons. The van der Waals surface area contributed by atoms with Crippen molar-refractivity contribution in [3.8, 4) is 0 Å². The van der Waals surface area contributed by atoms with Crippen LogP contribution in [-0.4, -0.2) is 59.2 Å². The molecule has 0 aromatic carbocycles. The standard InChI is InChI=1S/C21H36FN3O6Si/c1-19(2,3)30-18(28)24-14-10-11-25(17(27)23-14)16-21(7,22)15(13(12-26)29-16)31-32(8,9)20(4,5)6/h10-11,13,15-16,26H,12H2,1-9H3,(H,23,24,27,28)/t13-,15-,16-,21-/m1/s1. The maximum Gasteiger partial charge on any atom is 0.413 e. The summed E-state index contributed by atoms with van der Waals surface area (Å²) in [5.74, 6) is -0.0353. The third-order valence-electron chi connectivity index (χ3n) is 5.80. The molecule has 0 radical (unpaired) electrons. The van der Waals surface area contributed by atoms with Crippen LogP contribution in [0.4, 0.5) is 15.0 Å². The van der Waals surface area contributed by atoms with Crippen LogP contribution in [0, 0.1) is 0 Å². The smallest absolute Gasteiger partial charge is 0.413 e. The number of halogens is 1. The van der Waals surface area contributed by atoms with Gasteiger partial charge in [-0.25, -0.2) is 14.0 Å². The van der Waals surface area contributed by atoms with Crippen LogP contribution in [0.1, 0.15) is 54.7 Å². The number of aliphatic hydroxyl groups is 1. The van der Waals surface area contributed by atoms with E-state index in [0.29, 0.717) is 0 Å². The summed E-state index contributed by atoms with van der Waals surface area (Å²) in [6, 6.07) is 1.35. The Labute approximate surface area is 189 Å². The highest BCUT2D eigenvalue weighted by atomic mass is 28.4. The van der Waals surface area contributed by atoms with Gasteiger partial charge in [0.05, 0.1) is 6.61 Å². The number of carbonyl (C=O) groups excluding carboxylic acids is 1. The molecule has 2 heterocycles. The number of aromatic nitrogens is 2. The van der Waals surface area contributed by atoms with Gasteiger partial charge in [-0.05, 0) is 51.9 Å². The van der Waals surface area contributed by atoms with Gasteiger partial charge in [0.1, 0.15) is 23.6 Å². The fourth-order valence-corrected chi connectivity index (χ4v) is 4.48. The number of nitrogens with zero attached hydrogens (tertiary/aromatic N) is 2. The van der Waals surface area contributed by atoms with Crippen LogP contribution in [-0.2, 0) is 13.9 Å². The van der Waals surface area contributed by atoms with Gasteiger partial charge in [0.15, 0.2) is 20.2 Å². The molecule has 1 aromatic rings. The second-order valence-corrected chi connectivity index (χ2v) is 15.5. The van der Waals surface area contributed by atoms with Crippen molar-refractivity contribution in [2.45, 2.75) is 96.3 Å². The second-order valence-electron chi connectivity index (χ2n) is 10.8. The lowest BCUT2D eigenvalue weighted by molar-refractivity contribution is -0.0610. The monoisotopic (exact) mass is 473 g/mol. The minimum atomic E-state index is -2.40. The van der Waals surface area contributed by atoms with Crippen LogP contribution in [0.25, 0.3) is 0 Å². The molecule has 0 saturated carbocycles. The second kappa shape index (κ2) is 8.84. The van der Waals surface area contributed by atoms with Crippen LogP contribution in [0.15, 0.2) is 17.1 Å². The van der Waals surface area contributed by atoms with Crippen LogP contribution in [0.3, 0.4) is 0 Å². The minimum absolute atomic E-state index is 0.0353. The molecule has 32 heavy (non-hydrogen) atoms. The van der Waals surface area contributed by atoms with Gasteiger partial charge in [-0.15, -0.1) is 0 Å². The third-order valence-corrected chi connectivity index (χ3v) is 10.3. The Hall–Kier alpha value is -1.82. The average molecular weight is 474 g/mol. The number of hydrogen-bond donors (Lipinski definition) is 2. The topological polar surface area (TPSA) is 112 Å². The number of carbonyl (C=O) groups is 1. The molecule has 1 saturated heterocycles. The zero-order valence-electron chi connectivity index (χ0n) is 20.4. The molecule has 1 aliphatic rings. The maximum absolute atomic E-state index is 16.0. The molecule has 1 aromatic heterocycles. The van der Waals surface area contributed by atoms with Crippen molar-refractivity contribution in [2.24, 2.45) is 0 Å². The fraction of sp³-hybridized carbons (Fsp3) is 0.762. The first-order valence-corrected chi connectivity index (χ1v) is 13.5. The number of alkyl halides is 1. The molecule has 4 atom stereocenters. The molecule has 1 aliphatic heterocycles. The summed E-state index contributed by atoms with van der Waals surface area (Å²) in [5.41, 5.74) is -3.66. The van der Waals surface area contributed by atoms with Gasteiger partial charge < -0.3 is 19.0 Å². The van der Waals surface area contributed by atoms with E-state index in [-0.39, 0.29) is 10.9 Å². The molecule has 0 aliphatic carbocycles. The van der Waals surface area contributed by atoms with E-state index < -0.39 is 56.4 Å². The van der Waals surface area contributed by atoms with Gasteiger partial charge in [-0.2, -0.15) is 4.98 Å². The Bertz CT molecular complexity index is 891. The molecule has 11 heteroatoms. The van der Waals surface area contributed by atoms with E-state index in [0.717, 1.165) is 4.57 Å². The summed E-state index contributed by atoms with van der Waals surface area (Å²) in [7, 11) is -2.40. The van der Waals surface area contributed by atoms with Gasteiger partial charge in [-0.3, -0.25) is 9.88 Å². The van der Waals surface area contributed by atoms with Crippen molar-refractivity contribution in [1.82, 2.24) is 9.55 Å². The van der Waals surface area contributed by atoms with Crippen molar-refractivity contribution in [3.05, 3.63) is 22.7 Å². The van der Waals surface area contributed by atoms with E-state index in [1.54, 1.807) is 20.8 Å². The van der Waals surface area contributed by atoms with Gasteiger partial charge in [0, 0.05) is 6.20 Å². The number of rotatable bonds is 5. The Morgan fingerprint density at radius 2 is 1.94 bits per heavy atom. The van der Waals surface area contributed by atoms with Crippen molar-refractivity contribution < 1.29 is 28.2 Å². The van der Waals surface area contributed by atoms with E-state index in [9.17, 15) is 14.7 Å². The van der Waals surface area contributed by atoms with Crippen molar-refractivity contribution >= 4 is 20.2 Å². The first-order valence-electron chi connectivity index (χ1n) is 10.6. The van der Waals surface area contributed by atoms with E-state index in [1.807, 2.05) is 33.9 Å². The molecule has 1 amide bonds. The molecule has 9 nitrogen and oxygen atoms in total. The molecular formula is C21H36FN3O6Si. The van der Waals surface area contributed by atoms with Crippen LogP contribution < -0.4 is 11.0 Å². The van der Waals surface area contributed by atoms with Crippen molar-refractivity contribution in [1.29, 1.82) is 0 Å². The van der Waals surface area contributed by atoms with E-state index in [1.165, 1.54) is 19.2 Å². The molecule has 0 spiro atoms. The summed E-state index contributed by atoms with van der Waals surface area (Å²) in [6.07, 6.45) is -2.85. The SMILES string of the molecule is CC(C)(C)OC(=O)Nc1ccn([C@@H]2O[C@H](CO)[C@@H](O[Si](C)(C)C(C)(C)C)[C@@]2(C)F)c(=O)n1. The normalized spacial score (nSPS) is 26.8. The summed E-state index contributed by atoms with van der Waals surface area (Å²) < 4.78 is 34.2. The molecule has 1 fully saturated rings. The highest BCUT2D eigenvalue weighted by Crippen LogP contribution is 2.46. The van der Waals surface area contributed by atoms with Crippen molar-refractivity contribution in [3.63, 3.8) is 0 Å². The first-order chi connectivity index (χ1) is 14.4. The third kappa shape index (κ3) is 5.75. The predicted molar refractivity (Wildman–Crippen MR) is 121 cm³/mol. The van der Waals surface area contributed by atoms with E-state index >= 15 is 4.39 Å². The van der Waals surface area contributed by atoms with Crippen LogP contribution in [0.5, 0.6) is 0 Å². The summed E-state index contributed by atoms with van der Waals surface area (Å²) in [5, 5.41) is 12.0. The number of aliphatic hydroxyl groups excluding tert-OH is 1. The van der Waals surface area contributed by atoms with Gasteiger partial charge in [-0.1, -0.05) is 20.8 Å². The number of anilines is 1. The van der Waals surface area contributed by atoms with E-state index in [4.69, 9.17) is 13.9 Å². The van der Waals surface area contributed by atoms with Crippen LogP contribution in [0.2, 0.25) is 18.1 Å². The van der Waals surface area contributed by atoms with Crippen LogP contribution >= 0.6 is 0 Å². The average Bonchev–Trinajstić information content (AvgIpc) is 2.82. The molecule has 2 rings (SSSR count). The Kier molecular flexibility index (Phi) is 7.30.